The first-order valence-corrected chi connectivity index (χ1v) is 7.92. The fourth-order valence-electron chi connectivity index (χ4n) is 2.46. The molecule has 1 aromatic rings. The minimum absolute atomic E-state index is 0.0657. The van der Waals surface area contributed by atoms with E-state index in [0.717, 1.165) is 31.7 Å². The van der Waals surface area contributed by atoms with Crippen LogP contribution in [-0.4, -0.2) is 42.9 Å². The molecule has 1 saturated heterocycles. The van der Waals surface area contributed by atoms with Crippen LogP contribution >= 0.6 is 0 Å². The summed E-state index contributed by atoms with van der Waals surface area (Å²) in [6, 6.07) is 7.50. The van der Waals surface area contributed by atoms with Crippen LogP contribution < -0.4 is 10.6 Å². The predicted molar refractivity (Wildman–Crippen MR) is 86.5 cm³/mol. The predicted octanol–water partition coefficient (Wildman–Crippen LogP) is 1.39. The molecule has 0 aromatic heterocycles. The minimum atomic E-state index is 0.0657. The van der Waals surface area contributed by atoms with Gasteiger partial charge in [-0.05, 0) is 23.6 Å². The first-order valence-electron chi connectivity index (χ1n) is 7.92. The summed E-state index contributed by atoms with van der Waals surface area (Å²) in [6.07, 6.45) is 0.541. The number of carbonyl (C=O) groups excluding carboxylic acids is 2. The van der Waals surface area contributed by atoms with Crippen LogP contribution in [0.25, 0.3) is 0 Å². The third-order valence-electron chi connectivity index (χ3n) is 3.69. The maximum absolute atomic E-state index is 12.3. The fraction of sp³-hybridized carbons (Fsp3) is 0.529. The number of amides is 2. The third kappa shape index (κ3) is 4.84. The van der Waals surface area contributed by atoms with E-state index in [1.165, 1.54) is 0 Å². The summed E-state index contributed by atoms with van der Waals surface area (Å²) in [5.41, 5.74) is 1.72. The molecule has 1 aliphatic rings. The summed E-state index contributed by atoms with van der Waals surface area (Å²) >= 11 is 0. The molecule has 0 radical (unpaired) electrons. The fourth-order valence-corrected chi connectivity index (χ4v) is 2.46. The first-order chi connectivity index (χ1) is 10.6. The highest BCUT2D eigenvalue weighted by molar-refractivity contribution is 5.94. The topological polar surface area (TPSA) is 61.4 Å². The largest absolute Gasteiger partial charge is 0.352 e. The zero-order valence-corrected chi connectivity index (χ0v) is 13.4. The van der Waals surface area contributed by atoms with Crippen molar-refractivity contribution in [3.05, 3.63) is 35.4 Å². The molecule has 2 amide bonds. The van der Waals surface area contributed by atoms with Gasteiger partial charge in [-0.25, -0.2) is 0 Å². The zero-order chi connectivity index (χ0) is 15.9. The molecule has 0 atom stereocenters. The molecule has 120 valence electrons. The average Bonchev–Trinajstić information content (AvgIpc) is 2.53. The van der Waals surface area contributed by atoms with Gasteiger partial charge in [0.15, 0.2) is 0 Å². The van der Waals surface area contributed by atoms with E-state index in [1.807, 2.05) is 43.0 Å². The van der Waals surface area contributed by atoms with Crippen LogP contribution in [0, 0.1) is 5.92 Å². The maximum Gasteiger partial charge on any atom is 0.253 e. The Kier molecular flexibility index (Phi) is 5.95. The second-order valence-corrected chi connectivity index (χ2v) is 6.11. The van der Waals surface area contributed by atoms with Gasteiger partial charge in [0.05, 0.1) is 0 Å². The third-order valence-corrected chi connectivity index (χ3v) is 3.69. The van der Waals surface area contributed by atoms with Gasteiger partial charge in [0, 0.05) is 44.7 Å². The van der Waals surface area contributed by atoms with E-state index < -0.39 is 0 Å². The summed E-state index contributed by atoms with van der Waals surface area (Å²) in [5.74, 6) is 0.506. The number of carbonyl (C=O) groups is 2. The van der Waals surface area contributed by atoms with Crippen molar-refractivity contribution in [2.75, 3.05) is 26.2 Å². The van der Waals surface area contributed by atoms with Gasteiger partial charge in [0.2, 0.25) is 5.91 Å². The van der Waals surface area contributed by atoms with E-state index >= 15 is 0 Å². The van der Waals surface area contributed by atoms with Gasteiger partial charge in [-0.3, -0.25) is 9.59 Å². The Labute approximate surface area is 132 Å². The molecule has 0 saturated carbocycles. The highest BCUT2D eigenvalue weighted by Crippen LogP contribution is 2.09. The number of nitrogens with one attached hydrogen (secondary N) is 2. The Morgan fingerprint density at radius 3 is 2.41 bits per heavy atom. The normalized spacial score (nSPS) is 15.0. The average molecular weight is 303 g/mol. The second-order valence-electron chi connectivity index (χ2n) is 6.11. The molecule has 1 heterocycles. The lowest BCUT2D eigenvalue weighted by Gasteiger charge is -2.27. The number of nitrogens with zero attached hydrogens (tertiary/aromatic N) is 1. The Balaban J connectivity index is 1.87. The maximum atomic E-state index is 12.3. The number of hydrogen-bond donors (Lipinski definition) is 2. The van der Waals surface area contributed by atoms with E-state index in [-0.39, 0.29) is 11.8 Å². The van der Waals surface area contributed by atoms with Crippen molar-refractivity contribution in [1.82, 2.24) is 15.5 Å². The van der Waals surface area contributed by atoms with E-state index in [9.17, 15) is 9.59 Å². The molecular weight excluding hydrogens is 278 g/mol. The molecule has 0 bridgehead atoms. The summed E-state index contributed by atoms with van der Waals surface area (Å²) in [6.45, 7) is 7.77. The van der Waals surface area contributed by atoms with Crippen LogP contribution in [-0.2, 0) is 11.3 Å². The second kappa shape index (κ2) is 7.94. The Morgan fingerprint density at radius 2 is 1.82 bits per heavy atom. The molecule has 1 aromatic carbocycles. The zero-order valence-electron chi connectivity index (χ0n) is 13.4. The summed E-state index contributed by atoms with van der Waals surface area (Å²) in [5, 5.41) is 6.14. The molecule has 5 nitrogen and oxygen atoms in total. The van der Waals surface area contributed by atoms with Crippen LogP contribution in [0.15, 0.2) is 24.3 Å². The monoisotopic (exact) mass is 303 g/mol. The van der Waals surface area contributed by atoms with E-state index in [0.29, 0.717) is 24.4 Å². The smallest absolute Gasteiger partial charge is 0.253 e. The number of hydrogen-bond acceptors (Lipinski definition) is 3. The molecule has 0 aliphatic carbocycles. The van der Waals surface area contributed by atoms with Gasteiger partial charge in [-0.2, -0.15) is 0 Å². The van der Waals surface area contributed by atoms with Crippen molar-refractivity contribution in [2.24, 2.45) is 5.92 Å². The van der Waals surface area contributed by atoms with Gasteiger partial charge in [-0.1, -0.05) is 26.0 Å². The molecule has 5 heteroatoms. The van der Waals surface area contributed by atoms with Gasteiger partial charge in [0.1, 0.15) is 0 Å². The van der Waals surface area contributed by atoms with Gasteiger partial charge in [0.25, 0.3) is 5.91 Å². The van der Waals surface area contributed by atoms with Crippen molar-refractivity contribution in [3.63, 3.8) is 0 Å². The molecular formula is C17H25N3O2. The lowest BCUT2D eigenvalue weighted by atomic mass is 10.1. The van der Waals surface area contributed by atoms with Gasteiger partial charge in [-0.15, -0.1) is 0 Å². The summed E-state index contributed by atoms with van der Waals surface area (Å²) < 4.78 is 0. The molecule has 1 aliphatic heterocycles. The van der Waals surface area contributed by atoms with E-state index in [1.54, 1.807) is 0 Å². The molecule has 0 unspecified atom stereocenters. The summed E-state index contributed by atoms with van der Waals surface area (Å²) in [7, 11) is 0. The lowest BCUT2D eigenvalue weighted by molar-refractivity contribution is -0.121. The van der Waals surface area contributed by atoms with Crippen molar-refractivity contribution in [1.29, 1.82) is 0 Å². The van der Waals surface area contributed by atoms with Crippen LogP contribution in [0.5, 0.6) is 0 Å². The van der Waals surface area contributed by atoms with Crippen LogP contribution in [0.1, 0.15) is 36.2 Å². The van der Waals surface area contributed by atoms with E-state index in [2.05, 4.69) is 10.6 Å². The Bertz CT molecular complexity index is 505. The number of benzene rings is 1. The van der Waals surface area contributed by atoms with Crippen molar-refractivity contribution < 1.29 is 9.59 Å². The molecule has 2 N–H and O–H groups in total. The lowest BCUT2D eigenvalue weighted by Crippen LogP contribution is -2.46. The van der Waals surface area contributed by atoms with Gasteiger partial charge >= 0.3 is 0 Å². The number of rotatable bonds is 5. The van der Waals surface area contributed by atoms with Crippen LogP contribution in [0.2, 0.25) is 0 Å². The SMILES string of the molecule is CC(C)CC(=O)NCc1ccc(C(=O)N2CCNCC2)cc1. The molecule has 0 spiro atoms. The quantitative estimate of drug-likeness (QED) is 0.864. The highest BCUT2D eigenvalue weighted by Gasteiger charge is 2.17. The van der Waals surface area contributed by atoms with Crippen molar-refractivity contribution in [2.45, 2.75) is 26.8 Å². The standard InChI is InChI=1S/C17H25N3O2/c1-13(2)11-16(21)19-12-14-3-5-15(6-4-14)17(22)20-9-7-18-8-10-20/h3-6,13,18H,7-12H2,1-2H3,(H,19,21). The molecule has 22 heavy (non-hydrogen) atoms. The highest BCUT2D eigenvalue weighted by atomic mass is 16.2. The number of piperazine rings is 1. The van der Waals surface area contributed by atoms with Gasteiger partial charge < -0.3 is 15.5 Å². The Hall–Kier alpha value is -1.88. The minimum Gasteiger partial charge on any atom is -0.352 e. The van der Waals surface area contributed by atoms with Crippen molar-refractivity contribution in [3.8, 4) is 0 Å². The van der Waals surface area contributed by atoms with Crippen LogP contribution in [0.4, 0.5) is 0 Å². The molecule has 2 rings (SSSR count). The van der Waals surface area contributed by atoms with Crippen LogP contribution in [0.3, 0.4) is 0 Å². The van der Waals surface area contributed by atoms with Crippen molar-refractivity contribution >= 4 is 11.8 Å². The summed E-state index contributed by atoms with van der Waals surface area (Å²) in [4.78, 5) is 25.8. The first kappa shape index (κ1) is 16.5. The van der Waals surface area contributed by atoms with E-state index in [4.69, 9.17) is 0 Å². The molecule has 1 fully saturated rings. The Morgan fingerprint density at radius 1 is 1.18 bits per heavy atom.